The van der Waals surface area contributed by atoms with Crippen molar-refractivity contribution in [2.45, 2.75) is 95.9 Å². The maximum Gasteiger partial charge on any atom is 0.251 e. The fourth-order valence-electron chi connectivity index (χ4n) is 9.05. The van der Waals surface area contributed by atoms with Crippen molar-refractivity contribution in [1.29, 1.82) is 0 Å². The van der Waals surface area contributed by atoms with E-state index in [0.29, 0.717) is 56.0 Å². The zero-order chi connectivity index (χ0) is 37.2. The highest BCUT2D eigenvalue weighted by Gasteiger charge is 2.55. The summed E-state index contributed by atoms with van der Waals surface area (Å²) in [5.41, 5.74) is 6.64. The van der Waals surface area contributed by atoms with E-state index in [1.54, 1.807) is 14.0 Å². The molecule has 11 nitrogen and oxygen atoms in total. The quantitative estimate of drug-likeness (QED) is 0.231. The number of aryl methyl sites for hydroxylation is 1. The second-order valence-corrected chi connectivity index (χ2v) is 15.7. The molecule has 0 radical (unpaired) electrons. The lowest BCUT2D eigenvalue weighted by molar-refractivity contribution is -0.134. The van der Waals surface area contributed by atoms with Gasteiger partial charge in [0.25, 0.3) is 5.91 Å². The number of imidazole rings is 1. The number of rotatable bonds is 7. The van der Waals surface area contributed by atoms with Crippen LogP contribution in [0.4, 0.5) is 21.6 Å². The van der Waals surface area contributed by atoms with Gasteiger partial charge in [-0.1, -0.05) is 18.2 Å². The van der Waals surface area contributed by atoms with E-state index in [-0.39, 0.29) is 35.8 Å². The maximum atomic E-state index is 14.7. The molecule has 1 spiro atoms. The fourth-order valence-corrected chi connectivity index (χ4v) is 9.05. The van der Waals surface area contributed by atoms with Gasteiger partial charge in [-0.25, -0.2) is 14.4 Å². The molecule has 4 aliphatic rings. The van der Waals surface area contributed by atoms with Crippen LogP contribution < -0.4 is 15.5 Å². The van der Waals surface area contributed by atoms with E-state index in [4.69, 9.17) is 9.97 Å². The van der Waals surface area contributed by atoms with Crippen LogP contribution in [0.3, 0.4) is 0 Å². The molecule has 2 aromatic heterocycles. The highest BCUT2D eigenvalue weighted by atomic mass is 19.1. The maximum absolute atomic E-state index is 14.7. The summed E-state index contributed by atoms with van der Waals surface area (Å²) in [6.07, 6.45) is 5.35. The summed E-state index contributed by atoms with van der Waals surface area (Å²) in [6.45, 7) is 10.2. The zero-order valence-electron chi connectivity index (χ0n) is 31.3. The Hall–Kier alpha value is -4.84. The molecule has 1 saturated carbocycles. The Morgan fingerprint density at radius 3 is 2.49 bits per heavy atom. The van der Waals surface area contributed by atoms with Gasteiger partial charge in [-0.15, -0.1) is 0 Å². The molecule has 3 aliphatic heterocycles. The summed E-state index contributed by atoms with van der Waals surface area (Å²) >= 11 is 0. The van der Waals surface area contributed by atoms with Gasteiger partial charge in [0.05, 0.1) is 23.0 Å². The number of pyridine rings is 1. The van der Waals surface area contributed by atoms with Crippen molar-refractivity contribution in [2.24, 2.45) is 0 Å². The third-order valence-corrected chi connectivity index (χ3v) is 12.2. The van der Waals surface area contributed by atoms with Crippen LogP contribution in [0, 0.1) is 6.92 Å². The molecular formula is C41H49FN8O3. The number of aromatic nitrogens is 3. The minimum Gasteiger partial charge on any atom is -0.355 e. The molecule has 0 unspecified atom stereocenters. The minimum absolute atomic E-state index is 0.0251. The standard InChI is InChI=1S/C41H49FN8O3/c1-24(2)49-23-44-35-21-34(46-38(37(35)49)45-29-10-8-25(3)32(18-29)39(52)43-5)27-9-11-33-36(17-27)50(31-19-30(20-31)48-14-6-7-28(42)22-48)40(53)41(33)12-15-47(16-13-41)26(4)51/h8-11,17-18,21,23-24,28,30-31H,6-7,12-16,19-20,22H2,1-5H3,(H,43,52)(H,45,46)/t28-,30-,31+/m1/s1. The number of anilines is 3. The predicted octanol–water partition coefficient (Wildman–Crippen LogP) is 6.28. The van der Waals surface area contributed by atoms with Crippen LogP contribution in [0.5, 0.6) is 0 Å². The first-order chi connectivity index (χ1) is 25.5. The molecule has 8 rings (SSSR count). The fraction of sp³-hybridized carbons (Fsp3) is 0.488. The van der Waals surface area contributed by atoms with Crippen LogP contribution in [-0.2, 0) is 15.0 Å². The average Bonchev–Trinajstić information content (AvgIpc) is 3.66. The molecule has 4 aromatic rings. The Balaban J connectivity index is 1.18. The molecule has 2 saturated heterocycles. The number of carbonyl (C=O) groups excluding carboxylic acids is 3. The predicted molar refractivity (Wildman–Crippen MR) is 204 cm³/mol. The Morgan fingerprint density at radius 2 is 1.79 bits per heavy atom. The lowest BCUT2D eigenvalue weighted by atomic mass is 9.73. The van der Waals surface area contributed by atoms with Gasteiger partial charge in [-0.05, 0) is 101 Å². The van der Waals surface area contributed by atoms with Crippen LogP contribution in [0.25, 0.3) is 22.3 Å². The number of fused-ring (bicyclic) bond motifs is 3. The Morgan fingerprint density at radius 1 is 1.02 bits per heavy atom. The Kier molecular flexibility index (Phi) is 8.99. The first kappa shape index (κ1) is 35.2. The monoisotopic (exact) mass is 720 g/mol. The average molecular weight is 721 g/mol. The summed E-state index contributed by atoms with van der Waals surface area (Å²) in [5, 5.41) is 6.24. The van der Waals surface area contributed by atoms with Crippen LogP contribution in [-0.4, -0.2) is 93.5 Å². The van der Waals surface area contributed by atoms with Gasteiger partial charge < -0.3 is 25.0 Å². The summed E-state index contributed by atoms with van der Waals surface area (Å²) in [7, 11) is 1.62. The lowest BCUT2D eigenvalue weighted by Gasteiger charge is -2.48. The number of nitrogens with one attached hydrogen (secondary N) is 2. The van der Waals surface area contributed by atoms with E-state index in [1.807, 2.05) is 47.3 Å². The molecular weight excluding hydrogens is 672 g/mol. The number of piperidine rings is 2. The molecule has 2 aromatic carbocycles. The second kappa shape index (κ2) is 13.5. The van der Waals surface area contributed by atoms with Crippen molar-refractivity contribution in [2.75, 3.05) is 43.4 Å². The van der Waals surface area contributed by atoms with Gasteiger partial charge in [0, 0.05) is 74.2 Å². The van der Waals surface area contributed by atoms with Crippen molar-refractivity contribution < 1.29 is 18.8 Å². The summed E-state index contributed by atoms with van der Waals surface area (Å²) in [5.74, 6) is 0.610. The molecule has 1 atom stereocenters. The topological polar surface area (TPSA) is 116 Å². The van der Waals surface area contributed by atoms with E-state index in [9.17, 15) is 18.8 Å². The number of carbonyl (C=O) groups is 3. The van der Waals surface area contributed by atoms with Crippen LogP contribution in [0.2, 0.25) is 0 Å². The number of amides is 3. The SMILES string of the molecule is CNC(=O)c1cc(Nc2nc(-c3ccc4c(c3)N([C@H]3C[C@@H](N5CCC[C@@H](F)C5)C3)C(=O)C43CCN(C(C)=O)CC3)cc3ncn(C(C)C)c23)ccc1C. The number of hydrogen-bond donors (Lipinski definition) is 2. The molecule has 53 heavy (non-hydrogen) atoms. The van der Waals surface area contributed by atoms with Gasteiger partial charge in [0.2, 0.25) is 11.8 Å². The number of alkyl halides is 1. The van der Waals surface area contributed by atoms with Gasteiger partial charge >= 0.3 is 0 Å². The Bertz CT molecular complexity index is 2100. The first-order valence-electron chi connectivity index (χ1n) is 19.1. The summed E-state index contributed by atoms with van der Waals surface area (Å²) in [4.78, 5) is 55.8. The number of halogens is 1. The number of nitrogens with zero attached hydrogens (tertiary/aromatic N) is 6. The molecule has 0 bridgehead atoms. The van der Waals surface area contributed by atoms with Gasteiger partial charge in [0.1, 0.15) is 11.7 Å². The van der Waals surface area contributed by atoms with Gasteiger partial charge in [-0.2, -0.15) is 0 Å². The third-order valence-electron chi connectivity index (χ3n) is 12.2. The van der Waals surface area contributed by atoms with Crippen molar-refractivity contribution in [1.82, 2.24) is 29.7 Å². The summed E-state index contributed by atoms with van der Waals surface area (Å²) in [6, 6.07) is 14.4. The molecule has 5 heterocycles. The van der Waals surface area contributed by atoms with E-state index >= 15 is 0 Å². The smallest absolute Gasteiger partial charge is 0.251 e. The Labute approximate surface area is 309 Å². The first-order valence-corrected chi connectivity index (χ1v) is 19.1. The van der Waals surface area contributed by atoms with Gasteiger partial charge in [0.15, 0.2) is 5.82 Å². The second-order valence-electron chi connectivity index (χ2n) is 15.7. The lowest BCUT2D eigenvalue weighted by Crippen LogP contribution is -2.59. The highest BCUT2D eigenvalue weighted by molar-refractivity contribution is 6.09. The van der Waals surface area contributed by atoms with Crippen LogP contribution >= 0.6 is 0 Å². The largest absolute Gasteiger partial charge is 0.355 e. The molecule has 278 valence electrons. The highest BCUT2D eigenvalue weighted by Crippen LogP contribution is 2.52. The van der Waals surface area contributed by atoms with Crippen molar-refractivity contribution >= 4 is 45.9 Å². The molecule has 1 aliphatic carbocycles. The molecule has 3 fully saturated rings. The van der Waals surface area contributed by atoms with Crippen LogP contribution in [0.15, 0.2) is 48.8 Å². The molecule has 12 heteroatoms. The van der Waals surface area contributed by atoms with E-state index in [1.165, 1.54) is 0 Å². The van der Waals surface area contributed by atoms with Crippen molar-refractivity contribution in [3.05, 3.63) is 65.5 Å². The molecule has 2 N–H and O–H groups in total. The van der Waals surface area contributed by atoms with E-state index in [0.717, 1.165) is 64.9 Å². The van der Waals surface area contributed by atoms with Crippen molar-refractivity contribution in [3.8, 4) is 11.3 Å². The minimum atomic E-state index is -0.783. The number of likely N-dealkylation sites (tertiary alicyclic amines) is 2. The van der Waals surface area contributed by atoms with E-state index in [2.05, 4.69) is 52.1 Å². The van der Waals surface area contributed by atoms with Gasteiger partial charge in [-0.3, -0.25) is 19.3 Å². The van der Waals surface area contributed by atoms with E-state index < -0.39 is 11.6 Å². The normalized spacial score (nSPS) is 22.7. The molecule has 3 amide bonds. The number of hydrogen-bond acceptors (Lipinski definition) is 7. The number of benzene rings is 2. The van der Waals surface area contributed by atoms with Crippen LogP contribution in [0.1, 0.15) is 86.8 Å². The van der Waals surface area contributed by atoms with Crippen molar-refractivity contribution in [3.63, 3.8) is 0 Å². The third kappa shape index (κ3) is 6.04. The zero-order valence-corrected chi connectivity index (χ0v) is 31.3. The summed E-state index contributed by atoms with van der Waals surface area (Å²) < 4.78 is 16.4.